The van der Waals surface area contributed by atoms with Crippen LogP contribution >= 0.6 is 0 Å². The maximum atomic E-state index is 13.6. The van der Waals surface area contributed by atoms with Gasteiger partial charge in [-0.2, -0.15) is 0 Å². The van der Waals surface area contributed by atoms with Crippen molar-refractivity contribution in [2.45, 2.75) is 65.6 Å². The molecule has 2 amide bonds. The van der Waals surface area contributed by atoms with Gasteiger partial charge >= 0.3 is 6.09 Å². The molecule has 0 fully saturated rings. The molecule has 1 heterocycles. The number of aromatic nitrogens is 2. The van der Waals surface area contributed by atoms with E-state index in [1.54, 1.807) is 19.9 Å². The summed E-state index contributed by atoms with van der Waals surface area (Å²) in [4.78, 5) is 45.5. The first-order valence-electron chi connectivity index (χ1n) is 12.1. The van der Waals surface area contributed by atoms with Crippen molar-refractivity contribution in [3.05, 3.63) is 57.0 Å². The van der Waals surface area contributed by atoms with Gasteiger partial charge in [0.2, 0.25) is 5.75 Å². The molecule has 0 spiro atoms. The Hall–Kier alpha value is -3.51. The third-order valence-electron chi connectivity index (χ3n) is 6.16. The maximum absolute atomic E-state index is 13.6. The molecule has 0 aliphatic heterocycles. The quantitative estimate of drug-likeness (QED) is 0.292. The van der Waals surface area contributed by atoms with Crippen molar-refractivity contribution in [1.29, 1.82) is 0 Å². The third kappa shape index (κ3) is 7.99. The Balaban J connectivity index is 2.48. The molecule has 2 unspecified atom stereocenters. The number of methoxy groups -OCH3 is 1. The zero-order chi connectivity index (χ0) is 28.8. The minimum absolute atomic E-state index is 0.0272. The van der Waals surface area contributed by atoms with E-state index < -0.39 is 51.9 Å². The summed E-state index contributed by atoms with van der Waals surface area (Å²) in [6, 6.07) is 3.26. The number of nitrogens with zero attached hydrogens (tertiary/aromatic N) is 2. The highest BCUT2D eigenvalue weighted by atomic mass is 19.1. The highest BCUT2D eigenvalue weighted by Gasteiger charge is 2.34. The molecule has 210 valence electrons. The van der Waals surface area contributed by atoms with Gasteiger partial charge in [-0.25, -0.2) is 14.2 Å². The van der Waals surface area contributed by atoms with E-state index in [9.17, 15) is 34.1 Å². The average molecular weight is 537 g/mol. The van der Waals surface area contributed by atoms with Crippen LogP contribution in [0, 0.1) is 18.2 Å². The maximum Gasteiger partial charge on any atom is 0.407 e. The van der Waals surface area contributed by atoms with Gasteiger partial charge in [0.25, 0.3) is 11.5 Å². The molecule has 0 saturated carbocycles. The number of benzene rings is 1. The number of carbonyl (C=O) groups excluding carboxylic acids is 1. The first-order chi connectivity index (χ1) is 17.6. The van der Waals surface area contributed by atoms with E-state index in [4.69, 9.17) is 4.74 Å². The van der Waals surface area contributed by atoms with Gasteiger partial charge in [0.15, 0.2) is 5.69 Å². The number of carbonyl (C=O) groups is 2. The van der Waals surface area contributed by atoms with Crippen LogP contribution in [0.5, 0.6) is 5.75 Å². The fourth-order valence-corrected chi connectivity index (χ4v) is 3.83. The Labute approximate surface area is 220 Å². The van der Waals surface area contributed by atoms with Gasteiger partial charge in [0.05, 0.1) is 18.2 Å². The second kappa shape index (κ2) is 12.4. The van der Waals surface area contributed by atoms with Crippen LogP contribution in [0.25, 0.3) is 0 Å². The zero-order valence-corrected chi connectivity index (χ0v) is 22.6. The van der Waals surface area contributed by atoms with Crippen LogP contribution in [0.1, 0.15) is 74.0 Å². The van der Waals surface area contributed by atoms with E-state index in [1.807, 2.05) is 20.8 Å². The molecule has 0 aliphatic carbocycles. The lowest BCUT2D eigenvalue weighted by atomic mass is 9.92. The Morgan fingerprint density at radius 3 is 2.45 bits per heavy atom. The second-order valence-corrected chi connectivity index (χ2v) is 10.8. The molecule has 12 heteroatoms. The lowest BCUT2D eigenvalue weighted by molar-refractivity contribution is -0.0489. The van der Waals surface area contributed by atoms with Gasteiger partial charge in [-0.1, -0.05) is 32.9 Å². The number of aromatic hydroxyl groups is 1. The van der Waals surface area contributed by atoms with Gasteiger partial charge < -0.3 is 30.4 Å². The number of ether oxygens (including phenoxy) is 1. The van der Waals surface area contributed by atoms with Crippen molar-refractivity contribution in [2.75, 3.05) is 20.3 Å². The third-order valence-corrected chi connectivity index (χ3v) is 6.16. The van der Waals surface area contributed by atoms with E-state index in [-0.39, 0.29) is 38.4 Å². The number of aromatic amines is 1. The van der Waals surface area contributed by atoms with E-state index in [0.29, 0.717) is 11.1 Å². The number of aliphatic hydroxyl groups is 1. The molecular formula is C26H37FN4O7. The molecule has 11 nitrogen and oxygen atoms in total. The number of hydrogen-bond acceptors (Lipinski definition) is 7. The molecule has 2 aromatic rings. The highest BCUT2D eigenvalue weighted by Crippen LogP contribution is 2.31. The smallest absolute Gasteiger partial charge is 0.407 e. The summed E-state index contributed by atoms with van der Waals surface area (Å²) >= 11 is 0. The predicted octanol–water partition coefficient (Wildman–Crippen LogP) is 3.10. The van der Waals surface area contributed by atoms with Crippen molar-refractivity contribution in [3.63, 3.8) is 0 Å². The molecule has 5 N–H and O–H groups in total. The number of H-pyrrole nitrogens is 1. The summed E-state index contributed by atoms with van der Waals surface area (Å²) in [6.45, 7) is 8.46. The van der Waals surface area contributed by atoms with Crippen LogP contribution in [-0.2, 0) is 11.3 Å². The summed E-state index contributed by atoms with van der Waals surface area (Å²) in [6.07, 6.45) is -1.01. The van der Waals surface area contributed by atoms with E-state index in [2.05, 4.69) is 15.3 Å². The Morgan fingerprint density at radius 1 is 1.26 bits per heavy atom. The van der Waals surface area contributed by atoms with Crippen molar-refractivity contribution in [2.24, 2.45) is 5.41 Å². The normalized spacial score (nSPS) is 14.0. The molecular weight excluding hydrogens is 499 g/mol. The second-order valence-electron chi connectivity index (χ2n) is 10.8. The van der Waals surface area contributed by atoms with Crippen LogP contribution in [0.4, 0.5) is 9.18 Å². The van der Waals surface area contributed by atoms with Crippen molar-refractivity contribution >= 4 is 12.0 Å². The van der Waals surface area contributed by atoms with Crippen LogP contribution in [0.3, 0.4) is 0 Å². The Bertz CT molecular complexity index is 1210. The molecule has 0 radical (unpaired) electrons. The first-order valence-corrected chi connectivity index (χ1v) is 12.1. The fraction of sp³-hybridized carbons (Fsp3) is 0.538. The number of aliphatic hydroxyl groups excluding tert-OH is 1. The largest absolute Gasteiger partial charge is 0.501 e. The molecule has 0 bridgehead atoms. The summed E-state index contributed by atoms with van der Waals surface area (Å²) in [5.41, 5.74) is -2.08. The molecule has 0 aliphatic rings. The highest BCUT2D eigenvalue weighted by molar-refractivity contribution is 5.94. The minimum Gasteiger partial charge on any atom is -0.501 e. The average Bonchev–Trinajstić information content (AvgIpc) is 2.84. The van der Waals surface area contributed by atoms with Crippen molar-refractivity contribution in [3.8, 4) is 5.75 Å². The standard InChI is InChI=1S/C26H37FN4O7/c1-15-11-16(7-8-17(15)27)12-28-22(34)19-20(33)23(35)30-21(29-19)18(9-10-26(5,14-32)38-6)31(24(36)37)13-25(2,3)4/h7-8,11,18,32-33H,9-10,12-14H2,1-6H3,(H,28,34)(H,36,37)(H,29,30,35). The molecule has 1 aromatic carbocycles. The number of hydrogen-bond donors (Lipinski definition) is 5. The lowest BCUT2D eigenvalue weighted by Crippen LogP contribution is -2.42. The topological polar surface area (TPSA) is 165 Å². The molecule has 2 rings (SSSR count). The van der Waals surface area contributed by atoms with Gasteiger partial charge in [-0.05, 0) is 49.3 Å². The number of carboxylic acid groups (broad SMARTS) is 1. The van der Waals surface area contributed by atoms with E-state index >= 15 is 0 Å². The Morgan fingerprint density at radius 2 is 1.92 bits per heavy atom. The van der Waals surface area contributed by atoms with Crippen LogP contribution in [-0.4, -0.2) is 68.1 Å². The zero-order valence-electron chi connectivity index (χ0n) is 22.6. The van der Waals surface area contributed by atoms with Crippen LogP contribution in [0.15, 0.2) is 23.0 Å². The molecule has 0 saturated heterocycles. The van der Waals surface area contributed by atoms with Gasteiger partial charge in [-0.15, -0.1) is 0 Å². The number of aryl methyl sites for hydroxylation is 1. The predicted molar refractivity (Wildman–Crippen MR) is 137 cm³/mol. The van der Waals surface area contributed by atoms with E-state index in [1.165, 1.54) is 19.2 Å². The summed E-state index contributed by atoms with van der Waals surface area (Å²) in [7, 11) is 1.42. The van der Waals surface area contributed by atoms with Crippen LogP contribution < -0.4 is 10.9 Å². The monoisotopic (exact) mass is 536 g/mol. The number of rotatable bonds is 11. The van der Waals surface area contributed by atoms with Gasteiger partial charge in [0.1, 0.15) is 11.6 Å². The van der Waals surface area contributed by atoms with Crippen molar-refractivity contribution in [1.82, 2.24) is 20.2 Å². The van der Waals surface area contributed by atoms with Gasteiger partial charge in [0, 0.05) is 20.2 Å². The summed E-state index contributed by atoms with van der Waals surface area (Å²) < 4.78 is 18.9. The summed E-state index contributed by atoms with van der Waals surface area (Å²) in [5.74, 6) is -2.33. The number of nitrogens with one attached hydrogen (secondary N) is 2. The van der Waals surface area contributed by atoms with Crippen LogP contribution in [0.2, 0.25) is 0 Å². The first kappa shape index (κ1) is 30.7. The number of amides is 2. The SMILES string of the molecule is COC(C)(CO)CCC(c1nc(C(=O)NCc2ccc(F)c(C)c2)c(O)c(=O)[nH]1)N(CC(C)(C)C)C(=O)O. The van der Waals surface area contributed by atoms with Gasteiger partial charge in [-0.3, -0.25) is 14.5 Å². The lowest BCUT2D eigenvalue weighted by Gasteiger charge is -2.35. The van der Waals surface area contributed by atoms with E-state index in [0.717, 1.165) is 4.90 Å². The fourth-order valence-electron chi connectivity index (χ4n) is 3.83. The summed E-state index contributed by atoms with van der Waals surface area (Å²) in [5, 5.41) is 32.7. The minimum atomic E-state index is -1.28. The Kier molecular flexibility index (Phi) is 9.99. The molecule has 38 heavy (non-hydrogen) atoms. The molecule has 2 atom stereocenters. The van der Waals surface area contributed by atoms with Crippen molar-refractivity contribution < 1.29 is 34.0 Å². The molecule has 1 aromatic heterocycles. The number of halogens is 1.